The van der Waals surface area contributed by atoms with Gasteiger partial charge in [-0.1, -0.05) is 12.8 Å². The molecule has 3 rings (SSSR count). The second kappa shape index (κ2) is 3.49. The number of hydrogen-bond donors (Lipinski definition) is 1. The van der Waals surface area contributed by atoms with Crippen molar-refractivity contribution in [2.75, 3.05) is 20.1 Å². The zero-order valence-electron chi connectivity index (χ0n) is 9.21. The first-order chi connectivity index (χ1) is 6.88. The summed E-state index contributed by atoms with van der Waals surface area (Å²) in [5, 5.41) is 3.55. The molecular formula is C12H22N2. The van der Waals surface area contributed by atoms with E-state index in [0.717, 1.165) is 23.9 Å². The lowest BCUT2D eigenvalue weighted by molar-refractivity contribution is 0.183. The summed E-state index contributed by atoms with van der Waals surface area (Å²) < 4.78 is 0. The Bertz CT molecular complexity index is 194. The molecule has 2 saturated heterocycles. The molecule has 0 aromatic carbocycles. The van der Waals surface area contributed by atoms with Gasteiger partial charge in [0.15, 0.2) is 0 Å². The highest BCUT2D eigenvalue weighted by Crippen LogP contribution is 2.44. The topological polar surface area (TPSA) is 15.3 Å². The molecule has 0 spiro atoms. The number of rotatable bonds is 0. The van der Waals surface area contributed by atoms with Crippen LogP contribution < -0.4 is 5.32 Å². The summed E-state index contributed by atoms with van der Waals surface area (Å²) in [5.74, 6) is 2.06. The average molecular weight is 194 g/mol. The number of nitrogens with one attached hydrogen (secondary N) is 1. The molecule has 2 heteroatoms. The van der Waals surface area contributed by atoms with E-state index in [9.17, 15) is 0 Å². The van der Waals surface area contributed by atoms with Gasteiger partial charge in [0.1, 0.15) is 0 Å². The molecule has 0 bridgehead atoms. The first-order valence-corrected chi connectivity index (χ1v) is 6.30. The third-order valence-electron chi connectivity index (χ3n) is 4.88. The van der Waals surface area contributed by atoms with Gasteiger partial charge in [-0.15, -0.1) is 0 Å². The summed E-state index contributed by atoms with van der Waals surface area (Å²) in [6.07, 6.45) is 7.37. The minimum absolute atomic E-state index is 0.858. The highest BCUT2D eigenvalue weighted by molar-refractivity contribution is 5.02. The van der Waals surface area contributed by atoms with E-state index in [4.69, 9.17) is 0 Å². The molecule has 0 amide bonds. The van der Waals surface area contributed by atoms with Crippen LogP contribution >= 0.6 is 0 Å². The predicted molar refractivity (Wildman–Crippen MR) is 58.3 cm³/mol. The molecule has 1 saturated carbocycles. The van der Waals surface area contributed by atoms with Gasteiger partial charge in [-0.25, -0.2) is 0 Å². The van der Waals surface area contributed by atoms with Crippen LogP contribution in [0.2, 0.25) is 0 Å². The highest BCUT2D eigenvalue weighted by Gasteiger charge is 2.47. The van der Waals surface area contributed by atoms with Gasteiger partial charge in [0.05, 0.1) is 0 Å². The SMILES string of the molecule is CN1C2CCCCC2C2CCNCC21. The second-order valence-corrected chi connectivity index (χ2v) is 5.41. The molecule has 14 heavy (non-hydrogen) atoms. The molecule has 3 aliphatic rings. The van der Waals surface area contributed by atoms with Crippen LogP contribution in [-0.2, 0) is 0 Å². The maximum absolute atomic E-state index is 3.55. The first-order valence-electron chi connectivity index (χ1n) is 6.30. The van der Waals surface area contributed by atoms with Crippen LogP contribution in [0.15, 0.2) is 0 Å². The average Bonchev–Trinajstić information content (AvgIpc) is 2.55. The van der Waals surface area contributed by atoms with Crippen LogP contribution in [0.4, 0.5) is 0 Å². The molecular weight excluding hydrogens is 172 g/mol. The van der Waals surface area contributed by atoms with Crippen molar-refractivity contribution >= 4 is 0 Å². The van der Waals surface area contributed by atoms with E-state index in [2.05, 4.69) is 17.3 Å². The molecule has 4 unspecified atom stereocenters. The fourth-order valence-corrected chi connectivity index (χ4v) is 4.20. The van der Waals surface area contributed by atoms with Crippen molar-refractivity contribution in [2.24, 2.45) is 11.8 Å². The molecule has 0 aromatic heterocycles. The minimum Gasteiger partial charge on any atom is -0.315 e. The van der Waals surface area contributed by atoms with Crippen molar-refractivity contribution in [1.29, 1.82) is 0 Å². The zero-order chi connectivity index (χ0) is 9.54. The second-order valence-electron chi connectivity index (χ2n) is 5.41. The molecule has 0 radical (unpaired) electrons. The van der Waals surface area contributed by atoms with Gasteiger partial charge in [-0.3, -0.25) is 4.90 Å². The van der Waals surface area contributed by atoms with Gasteiger partial charge >= 0.3 is 0 Å². The van der Waals surface area contributed by atoms with E-state index in [0.29, 0.717) is 0 Å². The molecule has 1 N–H and O–H groups in total. The van der Waals surface area contributed by atoms with Crippen molar-refractivity contribution < 1.29 is 0 Å². The van der Waals surface area contributed by atoms with Crippen molar-refractivity contribution in [3.05, 3.63) is 0 Å². The molecule has 2 aliphatic heterocycles. The number of fused-ring (bicyclic) bond motifs is 3. The minimum atomic E-state index is 0.858. The Morgan fingerprint density at radius 3 is 2.71 bits per heavy atom. The molecule has 3 fully saturated rings. The lowest BCUT2D eigenvalue weighted by Crippen LogP contribution is -2.45. The van der Waals surface area contributed by atoms with Crippen LogP contribution in [0.1, 0.15) is 32.1 Å². The Morgan fingerprint density at radius 2 is 1.79 bits per heavy atom. The lowest BCUT2D eigenvalue weighted by Gasteiger charge is -2.31. The molecule has 2 heterocycles. The number of piperidine rings is 1. The lowest BCUT2D eigenvalue weighted by atomic mass is 9.76. The highest BCUT2D eigenvalue weighted by atomic mass is 15.2. The summed E-state index contributed by atoms with van der Waals surface area (Å²) in [5.41, 5.74) is 0. The Hall–Kier alpha value is -0.0800. The Balaban J connectivity index is 1.83. The quantitative estimate of drug-likeness (QED) is 0.628. The maximum Gasteiger partial charge on any atom is 0.0252 e. The van der Waals surface area contributed by atoms with E-state index in [1.165, 1.54) is 45.2 Å². The Kier molecular flexibility index (Phi) is 2.29. The summed E-state index contributed by atoms with van der Waals surface area (Å²) >= 11 is 0. The number of likely N-dealkylation sites (tertiary alicyclic amines) is 1. The van der Waals surface area contributed by atoms with Gasteiger partial charge < -0.3 is 5.32 Å². The fraction of sp³-hybridized carbons (Fsp3) is 1.00. The number of hydrogen-bond acceptors (Lipinski definition) is 2. The third kappa shape index (κ3) is 1.24. The van der Waals surface area contributed by atoms with Gasteiger partial charge in [0.25, 0.3) is 0 Å². The zero-order valence-corrected chi connectivity index (χ0v) is 9.21. The van der Waals surface area contributed by atoms with Crippen molar-refractivity contribution in [2.45, 2.75) is 44.2 Å². The summed E-state index contributed by atoms with van der Waals surface area (Å²) in [6, 6.07) is 1.79. The summed E-state index contributed by atoms with van der Waals surface area (Å²) in [4.78, 5) is 2.70. The third-order valence-corrected chi connectivity index (χ3v) is 4.88. The van der Waals surface area contributed by atoms with E-state index in [-0.39, 0.29) is 0 Å². The van der Waals surface area contributed by atoms with Crippen molar-refractivity contribution in [3.8, 4) is 0 Å². The molecule has 1 aliphatic carbocycles. The first kappa shape index (κ1) is 9.17. The smallest absolute Gasteiger partial charge is 0.0252 e. The van der Waals surface area contributed by atoms with Crippen LogP contribution in [0.25, 0.3) is 0 Å². The van der Waals surface area contributed by atoms with Crippen molar-refractivity contribution in [1.82, 2.24) is 10.2 Å². The predicted octanol–water partition coefficient (Wildman–Crippen LogP) is 1.47. The largest absolute Gasteiger partial charge is 0.315 e. The maximum atomic E-state index is 3.55. The van der Waals surface area contributed by atoms with E-state index in [1.807, 2.05) is 0 Å². The molecule has 4 atom stereocenters. The normalized spacial score (nSPS) is 48.6. The van der Waals surface area contributed by atoms with Crippen LogP contribution in [0, 0.1) is 11.8 Å². The van der Waals surface area contributed by atoms with Crippen LogP contribution in [-0.4, -0.2) is 37.1 Å². The standard InChI is InChI=1S/C12H22N2/c1-14-11-5-3-2-4-9(11)10-6-7-13-8-12(10)14/h9-13H,2-8H2,1H3. The Morgan fingerprint density at radius 1 is 1.00 bits per heavy atom. The monoisotopic (exact) mass is 194 g/mol. The van der Waals surface area contributed by atoms with Crippen LogP contribution in [0.5, 0.6) is 0 Å². The van der Waals surface area contributed by atoms with Gasteiger partial charge in [0.2, 0.25) is 0 Å². The molecule has 2 nitrogen and oxygen atoms in total. The van der Waals surface area contributed by atoms with E-state index < -0.39 is 0 Å². The molecule has 80 valence electrons. The summed E-state index contributed by atoms with van der Waals surface area (Å²) in [7, 11) is 2.36. The molecule has 0 aromatic rings. The summed E-state index contributed by atoms with van der Waals surface area (Å²) in [6.45, 7) is 2.51. The van der Waals surface area contributed by atoms with E-state index >= 15 is 0 Å². The number of nitrogens with zero attached hydrogens (tertiary/aromatic N) is 1. The van der Waals surface area contributed by atoms with E-state index in [1.54, 1.807) is 0 Å². The van der Waals surface area contributed by atoms with Gasteiger partial charge in [0, 0.05) is 18.6 Å². The Labute approximate surface area is 87.0 Å². The van der Waals surface area contributed by atoms with Gasteiger partial charge in [-0.05, 0) is 44.7 Å². The fourth-order valence-electron chi connectivity index (χ4n) is 4.20. The van der Waals surface area contributed by atoms with Gasteiger partial charge in [-0.2, -0.15) is 0 Å². The van der Waals surface area contributed by atoms with Crippen molar-refractivity contribution in [3.63, 3.8) is 0 Å². The number of likely N-dealkylation sites (N-methyl/N-ethyl adjacent to an activating group) is 1. The van der Waals surface area contributed by atoms with Crippen LogP contribution in [0.3, 0.4) is 0 Å².